The zero-order valence-electron chi connectivity index (χ0n) is 6.87. The van der Waals surface area contributed by atoms with Gasteiger partial charge in [-0.3, -0.25) is 4.79 Å². The minimum absolute atomic E-state index is 0.253. The first-order chi connectivity index (χ1) is 5.68. The fraction of sp³-hybridized carbons (Fsp3) is 0.889. The lowest BCUT2D eigenvalue weighted by Crippen LogP contribution is -2.28. The number of carboxylic acid groups (broad SMARTS) is 1. The van der Waals surface area contributed by atoms with Crippen LogP contribution in [0.1, 0.15) is 25.7 Å². The van der Waals surface area contributed by atoms with E-state index in [0.29, 0.717) is 5.92 Å². The van der Waals surface area contributed by atoms with Gasteiger partial charge < -0.3 is 5.11 Å². The summed E-state index contributed by atoms with van der Waals surface area (Å²) in [7, 11) is 0. The van der Waals surface area contributed by atoms with Crippen LogP contribution in [0.4, 0.5) is 0 Å². The summed E-state index contributed by atoms with van der Waals surface area (Å²) in [4.78, 5) is 10.6. The van der Waals surface area contributed by atoms with Crippen molar-refractivity contribution in [1.82, 2.24) is 0 Å². The molecule has 0 heterocycles. The topological polar surface area (TPSA) is 37.3 Å². The standard InChI is InChI=1S/C9H13ClO2/c10-8(9(11)12)7-4-5-1-2-6(7)3-5/h5-8H,1-4H2,(H,11,12)/t5-,6-,7+,8+/m1/s1. The molecule has 0 spiro atoms. The number of hydrogen-bond acceptors (Lipinski definition) is 1. The molecule has 0 aromatic carbocycles. The highest BCUT2D eigenvalue weighted by Crippen LogP contribution is 2.50. The maximum atomic E-state index is 10.6. The molecule has 12 heavy (non-hydrogen) atoms. The number of hydrogen-bond donors (Lipinski definition) is 1. The van der Waals surface area contributed by atoms with Crippen LogP contribution in [-0.2, 0) is 4.79 Å². The van der Waals surface area contributed by atoms with Gasteiger partial charge in [-0.25, -0.2) is 0 Å². The molecule has 0 aromatic heterocycles. The maximum Gasteiger partial charge on any atom is 0.321 e. The van der Waals surface area contributed by atoms with Crippen LogP contribution in [0, 0.1) is 17.8 Å². The first-order valence-electron chi connectivity index (χ1n) is 4.55. The summed E-state index contributed by atoms with van der Waals surface area (Å²) in [6.07, 6.45) is 4.77. The largest absolute Gasteiger partial charge is 0.480 e. The van der Waals surface area contributed by atoms with E-state index < -0.39 is 11.3 Å². The monoisotopic (exact) mass is 188 g/mol. The highest BCUT2D eigenvalue weighted by atomic mass is 35.5. The Bertz CT molecular complexity index is 205. The van der Waals surface area contributed by atoms with Crippen molar-refractivity contribution < 1.29 is 9.90 Å². The van der Waals surface area contributed by atoms with E-state index in [4.69, 9.17) is 16.7 Å². The number of fused-ring (bicyclic) bond motifs is 2. The molecular weight excluding hydrogens is 176 g/mol. The van der Waals surface area contributed by atoms with Gasteiger partial charge in [0.1, 0.15) is 5.38 Å². The first-order valence-corrected chi connectivity index (χ1v) is 4.99. The number of rotatable bonds is 2. The van der Waals surface area contributed by atoms with Crippen LogP contribution in [0.5, 0.6) is 0 Å². The Balaban J connectivity index is 2.02. The summed E-state index contributed by atoms with van der Waals surface area (Å²) < 4.78 is 0. The normalized spacial score (nSPS) is 41.6. The predicted octanol–water partition coefficient (Wildman–Crippen LogP) is 2.11. The van der Waals surface area contributed by atoms with Crippen molar-refractivity contribution >= 4 is 17.6 Å². The molecule has 1 N–H and O–H groups in total. The summed E-state index contributed by atoms with van der Waals surface area (Å²) in [5.41, 5.74) is 0. The average Bonchev–Trinajstić information content (AvgIpc) is 2.62. The lowest BCUT2D eigenvalue weighted by molar-refractivity contribution is -0.138. The lowest BCUT2D eigenvalue weighted by atomic mass is 9.86. The molecule has 2 fully saturated rings. The smallest absolute Gasteiger partial charge is 0.321 e. The molecule has 2 aliphatic carbocycles. The SMILES string of the molecule is O=C(O)[C@@H](Cl)[C@H]1C[C@@H]2CC[C@@H]1C2. The van der Waals surface area contributed by atoms with E-state index in [1.807, 2.05) is 0 Å². The molecule has 0 aromatic rings. The number of halogens is 1. The quantitative estimate of drug-likeness (QED) is 0.674. The van der Waals surface area contributed by atoms with Gasteiger partial charge in [0.2, 0.25) is 0 Å². The second-order valence-electron chi connectivity index (χ2n) is 4.08. The van der Waals surface area contributed by atoms with Crippen LogP contribution in [0.2, 0.25) is 0 Å². The Kier molecular flexibility index (Phi) is 2.03. The first kappa shape index (κ1) is 8.36. The highest BCUT2D eigenvalue weighted by molar-refractivity contribution is 6.29. The Morgan fingerprint density at radius 3 is 2.58 bits per heavy atom. The summed E-state index contributed by atoms with van der Waals surface area (Å²) >= 11 is 5.82. The molecular formula is C9H13ClO2. The zero-order valence-corrected chi connectivity index (χ0v) is 7.63. The second kappa shape index (κ2) is 2.91. The summed E-state index contributed by atoms with van der Waals surface area (Å²) in [6, 6.07) is 0. The van der Waals surface area contributed by atoms with Crippen molar-refractivity contribution in [3.8, 4) is 0 Å². The van der Waals surface area contributed by atoms with Gasteiger partial charge in [-0.2, -0.15) is 0 Å². The van der Waals surface area contributed by atoms with E-state index in [1.54, 1.807) is 0 Å². The van der Waals surface area contributed by atoms with Gasteiger partial charge in [0.05, 0.1) is 0 Å². The van der Waals surface area contributed by atoms with Gasteiger partial charge in [-0.15, -0.1) is 11.6 Å². The molecule has 0 radical (unpaired) electrons. The Labute approximate surface area is 76.9 Å². The van der Waals surface area contributed by atoms with Crippen LogP contribution in [0.25, 0.3) is 0 Å². The fourth-order valence-corrected chi connectivity index (χ4v) is 3.14. The molecule has 3 heteroatoms. The van der Waals surface area contributed by atoms with E-state index in [9.17, 15) is 4.79 Å². The van der Waals surface area contributed by atoms with E-state index in [0.717, 1.165) is 12.3 Å². The van der Waals surface area contributed by atoms with Crippen LogP contribution < -0.4 is 0 Å². The van der Waals surface area contributed by atoms with Crippen molar-refractivity contribution in [2.45, 2.75) is 31.1 Å². The predicted molar refractivity (Wildman–Crippen MR) is 46.2 cm³/mol. The fourth-order valence-electron chi connectivity index (χ4n) is 2.84. The van der Waals surface area contributed by atoms with Crippen LogP contribution in [0.15, 0.2) is 0 Å². The van der Waals surface area contributed by atoms with Gasteiger partial charge in [-0.05, 0) is 37.0 Å². The molecule has 0 amide bonds. The van der Waals surface area contributed by atoms with Gasteiger partial charge in [-0.1, -0.05) is 6.42 Å². The molecule has 0 unspecified atom stereocenters. The molecule has 2 bridgehead atoms. The van der Waals surface area contributed by atoms with Crippen molar-refractivity contribution in [2.24, 2.45) is 17.8 Å². The highest BCUT2D eigenvalue weighted by Gasteiger charge is 2.44. The number of carboxylic acids is 1. The van der Waals surface area contributed by atoms with Crippen LogP contribution >= 0.6 is 11.6 Å². The summed E-state index contributed by atoms with van der Waals surface area (Å²) in [6.45, 7) is 0. The summed E-state index contributed by atoms with van der Waals surface area (Å²) in [5.74, 6) is 0.798. The van der Waals surface area contributed by atoms with E-state index in [2.05, 4.69) is 0 Å². The molecule has 2 aliphatic rings. The van der Waals surface area contributed by atoms with Gasteiger partial charge in [0.25, 0.3) is 0 Å². The number of aliphatic carboxylic acids is 1. The third-order valence-corrected chi connectivity index (χ3v) is 3.91. The second-order valence-corrected chi connectivity index (χ2v) is 4.55. The minimum Gasteiger partial charge on any atom is -0.480 e. The maximum absolute atomic E-state index is 10.6. The molecule has 68 valence electrons. The number of carbonyl (C=O) groups is 1. The Hall–Kier alpha value is -0.240. The van der Waals surface area contributed by atoms with Crippen LogP contribution in [-0.4, -0.2) is 16.5 Å². The third-order valence-electron chi connectivity index (χ3n) is 3.40. The van der Waals surface area contributed by atoms with Gasteiger partial charge >= 0.3 is 5.97 Å². The molecule has 4 atom stereocenters. The molecule has 0 aliphatic heterocycles. The Morgan fingerprint density at radius 1 is 1.42 bits per heavy atom. The van der Waals surface area contributed by atoms with E-state index in [-0.39, 0.29) is 5.92 Å². The van der Waals surface area contributed by atoms with Gasteiger partial charge in [0, 0.05) is 0 Å². The van der Waals surface area contributed by atoms with E-state index in [1.165, 1.54) is 19.3 Å². The third kappa shape index (κ3) is 1.22. The van der Waals surface area contributed by atoms with Crippen molar-refractivity contribution in [2.75, 3.05) is 0 Å². The summed E-state index contributed by atoms with van der Waals surface area (Å²) in [5, 5.41) is 8.10. The van der Waals surface area contributed by atoms with Crippen molar-refractivity contribution in [3.63, 3.8) is 0 Å². The number of alkyl halides is 1. The van der Waals surface area contributed by atoms with E-state index >= 15 is 0 Å². The molecule has 2 saturated carbocycles. The molecule has 0 saturated heterocycles. The minimum atomic E-state index is -0.839. The average molecular weight is 189 g/mol. The Morgan fingerprint density at radius 2 is 2.17 bits per heavy atom. The van der Waals surface area contributed by atoms with Gasteiger partial charge in [0.15, 0.2) is 0 Å². The molecule has 2 nitrogen and oxygen atoms in total. The van der Waals surface area contributed by atoms with Crippen molar-refractivity contribution in [1.29, 1.82) is 0 Å². The van der Waals surface area contributed by atoms with Crippen LogP contribution in [0.3, 0.4) is 0 Å². The zero-order chi connectivity index (χ0) is 8.72. The van der Waals surface area contributed by atoms with Crippen molar-refractivity contribution in [3.05, 3.63) is 0 Å². The lowest BCUT2D eigenvalue weighted by Gasteiger charge is -2.23. The molecule has 2 rings (SSSR count).